The van der Waals surface area contributed by atoms with E-state index in [0.717, 1.165) is 47.9 Å². The zero-order chi connectivity index (χ0) is 18.6. The Bertz CT molecular complexity index is 649. The monoisotopic (exact) mass is 342 g/mol. The van der Waals surface area contributed by atoms with Gasteiger partial charge < -0.3 is 0 Å². The van der Waals surface area contributed by atoms with Gasteiger partial charge >= 0.3 is 0 Å². The molecule has 25 heavy (non-hydrogen) atoms. The van der Waals surface area contributed by atoms with E-state index in [1.54, 1.807) is 0 Å². The summed E-state index contributed by atoms with van der Waals surface area (Å²) >= 11 is 0. The third-order valence-electron chi connectivity index (χ3n) is 5.27. The minimum Gasteiger partial charge on any atom is -0.300 e. The van der Waals surface area contributed by atoms with Gasteiger partial charge in [-0.3, -0.25) is 14.4 Å². The van der Waals surface area contributed by atoms with Crippen LogP contribution in [0, 0.1) is 26.7 Å². The van der Waals surface area contributed by atoms with E-state index in [2.05, 4.69) is 6.92 Å². The van der Waals surface area contributed by atoms with Crippen molar-refractivity contribution in [1.29, 1.82) is 0 Å². The van der Waals surface area contributed by atoms with Crippen molar-refractivity contribution >= 4 is 17.3 Å². The SMILES string of the molecule is CCCCCCC(=O)CC1CC(=O)C(c2c(C)cc(C)cc2C)C1=O. The summed E-state index contributed by atoms with van der Waals surface area (Å²) in [6.07, 6.45) is 5.22. The summed E-state index contributed by atoms with van der Waals surface area (Å²) in [6.45, 7) is 8.08. The molecule has 0 radical (unpaired) electrons. The van der Waals surface area contributed by atoms with Gasteiger partial charge in [-0.2, -0.15) is 0 Å². The largest absolute Gasteiger partial charge is 0.300 e. The first-order chi connectivity index (χ1) is 11.8. The van der Waals surface area contributed by atoms with Crippen molar-refractivity contribution in [3.8, 4) is 0 Å². The second kappa shape index (κ2) is 8.55. The Hall–Kier alpha value is -1.77. The van der Waals surface area contributed by atoms with Crippen LogP contribution in [-0.2, 0) is 14.4 Å². The number of hydrogen-bond donors (Lipinski definition) is 0. The number of carbonyl (C=O) groups is 3. The van der Waals surface area contributed by atoms with E-state index in [0.29, 0.717) is 6.42 Å². The molecule has 3 nitrogen and oxygen atoms in total. The minimum absolute atomic E-state index is 0.0242. The van der Waals surface area contributed by atoms with Crippen LogP contribution in [0.5, 0.6) is 0 Å². The number of ketones is 3. The van der Waals surface area contributed by atoms with E-state index in [4.69, 9.17) is 0 Å². The van der Waals surface area contributed by atoms with E-state index in [1.165, 1.54) is 0 Å². The standard InChI is InChI=1S/C22H30O3/c1-5-6-7-8-9-18(23)12-17-13-19(24)21(22(17)25)20-15(3)10-14(2)11-16(20)4/h10-11,17,21H,5-9,12-13H2,1-4H3. The summed E-state index contributed by atoms with van der Waals surface area (Å²) in [7, 11) is 0. The third kappa shape index (κ3) is 4.65. The van der Waals surface area contributed by atoms with Gasteiger partial charge in [0.2, 0.25) is 0 Å². The predicted molar refractivity (Wildman–Crippen MR) is 99.9 cm³/mol. The highest BCUT2D eigenvalue weighted by Crippen LogP contribution is 2.37. The lowest BCUT2D eigenvalue weighted by atomic mass is 9.86. The zero-order valence-corrected chi connectivity index (χ0v) is 16.0. The normalized spacial score (nSPS) is 20.3. The van der Waals surface area contributed by atoms with Crippen LogP contribution in [0.25, 0.3) is 0 Å². The molecular formula is C22H30O3. The molecule has 2 atom stereocenters. The number of rotatable bonds is 8. The molecular weight excluding hydrogens is 312 g/mol. The first-order valence-corrected chi connectivity index (χ1v) is 9.51. The summed E-state index contributed by atoms with van der Waals surface area (Å²) < 4.78 is 0. The average Bonchev–Trinajstić information content (AvgIpc) is 2.78. The van der Waals surface area contributed by atoms with Crippen molar-refractivity contribution < 1.29 is 14.4 Å². The molecule has 1 aliphatic carbocycles. The Morgan fingerprint density at radius 2 is 1.68 bits per heavy atom. The second-order valence-corrected chi connectivity index (χ2v) is 7.57. The lowest BCUT2D eigenvalue weighted by Crippen LogP contribution is -2.19. The topological polar surface area (TPSA) is 51.2 Å². The van der Waals surface area contributed by atoms with Gasteiger partial charge in [-0.05, 0) is 43.9 Å². The molecule has 0 amide bonds. The molecule has 1 fully saturated rings. The van der Waals surface area contributed by atoms with Crippen LogP contribution in [0.15, 0.2) is 12.1 Å². The molecule has 0 aromatic heterocycles. The molecule has 1 aliphatic rings. The zero-order valence-electron chi connectivity index (χ0n) is 16.0. The predicted octanol–water partition coefficient (Wildman–Crippen LogP) is 4.78. The van der Waals surface area contributed by atoms with Gasteiger partial charge in [-0.15, -0.1) is 0 Å². The fourth-order valence-electron chi connectivity index (χ4n) is 4.10. The molecule has 0 aliphatic heterocycles. The molecule has 2 rings (SSSR count). The summed E-state index contributed by atoms with van der Waals surface area (Å²) in [4.78, 5) is 37.6. The van der Waals surface area contributed by atoms with Gasteiger partial charge in [0.15, 0.2) is 5.78 Å². The fraction of sp³-hybridized carbons (Fsp3) is 0.591. The van der Waals surface area contributed by atoms with Crippen LogP contribution in [0.1, 0.15) is 80.0 Å². The number of unbranched alkanes of at least 4 members (excludes halogenated alkanes) is 3. The quantitative estimate of drug-likeness (QED) is 0.504. The van der Waals surface area contributed by atoms with Crippen LogP contribution in [0.2, 0.25) is 0 Å². The molecule has 136 valence electrons. The van der Waals surface area contributed by atoms with Crippen molar-refractivity contribution in [2.24, 2.45) is 5.92 Å². The van der Waals surface area contributed by atoms with Gasteiger partial charge in [-0.25, -0.2) is 0 Å². The van der Waals surface area contributed by atoms with Gasteiger partial charge in [0.1, 0.15) is 17.5 Å². The van der Waals surface area contributed by atoms with Crippen molar-refractivity contribution in [1.82, 2.24) is 0 Å². The Labute approximate surface area is 151 Å². The minimum atomic E-state index is -0.668. The molecule has 1 aromatic rings. The molecule has 0 bridgehead atoms. The van der Waals surface area contributed by atoms with Gasteiger partial charge in [0.05, 0.1) is 0 Å². The molecule has 1 saturated carbocycles. The van der Waals surface area contributed by atoms with Crippen molar-refractivity contribution in [2.75, 3.05) is 0 Å². The maximum absolute atomic E-state index is 12.8. The van der Waals surface area contributed by atoms with E-state index >= 15 is 0 Å². The van der Waals surface area contributed by atoms with Crippen LogP contribution in [0.4, 0.5) is 0 Å². The lowest BCUT2D eigenvalue weighted by molar-refractivity contribution is -0.127. The highest BCUT2D eigenvalue weighted by atomic mass is 16.2. The number of hydrogen-bond acceptors (Lipinski definition) is 3. The van der Waals surface area contributed by atoms with Crippen molar-refractivity contribution in [3.05, 3.63) is 34.4 Å². The summed E-state index contributed by atoms with van der Waals surface area (Å²) in [6, 6.07) is 4.05. The van der Waals surface area contributed by atoms with Crippen molar-refractivity contribution in [3.63, 3.8) is 0 Å². The van der Waals surface area contributed by atoms with Crippen LogP contribution in [-0.4, -0.2) is 17.3 Å². The number of benzene rings is 1. The smallest absolute Gasteiger partial charge is 0.151 e. The Morgan fingerprint density at radius 1 is 1.04 bits per heavy atom. The first-order valence-electron chi connectivity index (χ1n) is 9.51. The van der Waals surface area contributed by atoms with Crippen LogP contribution < -0.4 is 0 Å². The number of Topliss-reactive ketones (excluding diaryl/α,β-unsaturated/α-hetero) is 3. The maximum Gasteiger partial charge on any atom is 0.151 e. The summed E-state index contributed by atoms with van der Waals surface area (Å²) in [5.41, 5.74) is 3.99. The Balaban J connectivity index is 2.07. The van der Waals surface area contributed by atoms with E-state index < -0.39 is 11.8 Å². The van der Waals surface area contributed by atoms with E-state index in [1.807, 2.05) is 32.9 Å². The summed E-state index contributed by atoms with van der Waals surface area (Å²) in [5, 5.41) is 0. The molecule has 1 aromatic carbocycles. The molecule has 0 saturated heterocycles. The molecule has 0 heterocycles. The Morgan fingerprint density at radius 3 is 2.28 bits per heavy atom. The maximum atomic E-state index is 12.8. The Kier molecular flexibility index (Phi) is 6.69. The highest BCUT2D eigenvalue weighted by Gasteiger charge is 2.43. The van der Waals surface area contributed by atoms with Gasteiger partial charge in [0.25, 0.3) is 0 Å². The van der Waals surface area contributed by atoms with Crippen molar-refractivity contribution in [2.45, 2.75) is 78.6 Å². The van der Waals surface area contributed by atoms with E-state index in [-0.39, 0.29) is 30.2 Å². The number of aryl methyl sites for hydroxylation is 3. The molecule has 0 N–H and O–H groups in total. The fourth-order valence-corrected chi connectivity index (χ4v) is 4.10. The molecule has 2 unspecified atom stereocenters. The van der Waals surface area contributed by atoms with Gasteiger partial charge in [0, 0.05) is 25.2 Å². The first kappa shape index (κ1) is 19.6. The lowest BCUT2D eigenvalue weighted by Gasteiger charge is -2.16. The third-order valence-corrected chi connectivity index (χ3v) is 5.27. The summed E-state index contributed by atoms with van der Waals surface area (Å²) in [5.74, 6) is -1.04. The second-order valence-electron chi connectivity index (χ2n) is 7.57. The average molecular weight is 342 g/mol. The number of carbonyl (C=O) groups excluding carboxylic acids is 3. The highest BCUT2D eigenvalue weighted by molar-refractivity contribution is 6.15. The van der Waals surface area contributed by atoms with Crippen LogP contribution in [0.3, 0.4) is 0 Å². The van der Waals surface area contributed by atoms with Gasteiger partial charge in [-0.1, -0.05) is 43.9 Å². The molecule has 0 spiro atoms. The van der Waals surface area contributed by atoms with E-state index in [9.17, 15) is 14.4 Å². The van der Waals surface area contributed by atoms with Crippen LogP contribution >= 0.6 is 0 Å². The molecule has 3 heteroatoms.